The van der Waals surface area contributed by atoms with Crippen molar-refractivity contribution in [1.29, 1.82) is 0 Å². The molecular weight excluding hydrogens is 306 g/mol. The number of oxime groups is 1. The number of rotatable bonds is 3. The minimum Gasteiger partial charge on any atom is -0.455 e. The molecule has 0 fully saturated rings. The quantitative estimate of drug-likeness (QED) is 0.389. The monoisotopic (exact) mass is 314 g/mol. The molecule has 4 nitrogen and oxygen atoms in total. The molecule has 0 aliphatic heterocycles. The van der Waals surface area contributed by atoms with E-state index in [-0.39, 0.29) is 22.1 Å². The summed E-state index contributed by atoms with van der Waals surface area (Å²) in [6, 6.07) is 8.85. The summed E-state index contributed by atoms with van der Waals surface area (Å²) in [4.78, 5) is 0. The first-order valence-electron chi connectivity index (χ1n) is 5.43. The molecule has 0 unspecified atom stereocenters. The van der Waals surface area contributed by atoms with Crippen LogP contribution in [0.2, 0.25) is 10.0 Å². The van der Waals surface area contributed by atoms with Gasteiger partial charge in [-0.05, 0) is 24.3 Å². The average molecular weight is 315 g/mol. The topological polar surface area (TPSA) is 67.8 Å². The molecule has 0 amide bonds. The van der Waals surface area contributed by atoms with E-state index in [1.165, 1.54) is 18.2 Å². The average Bonchev–Trinajstić information content (AvgIpc) is 2.43. The SMILES string of the molecule is NC(=NO)c1c(F)cccc1Oc1cccc(Cl)c1Cl. The van der Waals surface area contributed by atoms with Gasteiger partial charge in [0.05, 0.1) is 10.6 Å². The zero-order chi connectivity index (χ0) is 14.7. The van der Waals surface area contributed by atoms with Crippen molar-refractivity contribution in [1.82, 2.24) is 0 Å². The molecule has 104 valence electrons. The highest BCUT2D eigenvalue weighted by atomic mass is 35.5. The van der Waals surface area contributed by atoms with Gasteiger partial charge in [0.25, 0.3) is 0 Å². The van der Waals surface area contributed by atoms with E-state index in [1.54, 1.807) is 18.2 Å². The first kappa shape index (κ1) is 14.4. The molecular formula is C13H9Cl2FN2O2. The van der Waals surface area contributed by atoms with Crippen LogP contribution >= 0.6 is 23.2 Å². The van der Waals surface area contributed by atoms with E-state index in [0.29, 0.717) is 5.02 Å². The van der Waals surface area contributed by atoms with Gasteiger partial charge in [-0.3, -0.25) is 0 Å². The van der Waals surface area contributed by atoms with Gasteiger partial charge in [0.15, 0.2) is 5.84 Å². The van der Waals surface area contributed by atoms with Crippen molar-refractivity contribution in [3.8, 4) is 11.5 Å². The maximum atomic E-state index is 13.8. The highest BCUT2D eigenvalue weighted by molar-refractivity contribution is 6.42. The second kappa shape index (κ2) is 5.98. The number of halogens is 3. The van der Waals surface area contributed by atoms with E-state index < -0.39 is 11.7 Å². The summed E-state index contributed by atoms with van der Waals surface area (Å²) in [7, 11) is 0. The molecule has 3 N–H and O–H groups in total. The lowest BCUT2D eigenvalue weighted by Gasteiger charge is -2.12. The van der Waals surface area contributed by atoms with Crippen LogP contribution in [0.1, 0.15) is 5.56 Å². The molecule has 2 rings (SSSR count). The van der Waals surface area contributed by atoms with Crippen LogP contribution in [-0.2, 0) is 0 Å². The second-order valence-electron chi connectivity index (χ2n) is 3.75. The summed E-state index contributed by atoms with van der Waals surface area (Å²) in [5.74, 6) is -0.798. The molecule has 0 bridgehead atoms. The van der Waals surface area contributed by atoms with E-state index in [1.807, 2.05) is 0 Å². The van der Waals surface area contributed by atoms with Gasteiger partial charge >= 0.3 is 0 Å². The third-order valence-corrected chi connectivity index (χ3v) is 3.28. The Balaban J connectivity index is 2.49. The molecule has 0 spiro atoms. The van der Waals surface area contributed by atoms with Gasteiger partial charge in [-0.1, -0.05) is 40.5 Å². The van der Waals surface area contributed by atoms with Crippen LogP contribution in [0.25, 0.3) is 0 Å². The molecule has 2 aromatic carbocycles. The number of hydrogen-bond acceptors (Lipinski definition) is 3. The van der Waals surface area contributed by atoms with E-state index in [4.69, 9.17) is 38.9 Å². The first-order valence-corrected chi connectivity index (χ1v) is 6.18. The Morgan fingerprint density at radius 1 is 1.15 bits per heavy atom. The van der Waals surface area contributed by atoms with E-state index >= 15 is 0 Å². The summed E-state index contributed by atoms with van der Waals surface area (Å²) in [6.07, 6.45) is 0. The number of nitrogens with two attached hydrogens (primary N) is 1. The largest absolute Gasteiger partial charge is 0.455 e. The van der Waals surface area contributed by atoms with Crippen molar-refractivity contribution in [2.75, 3.05) is 0 Å². The summed E-state index contributed by atoms with van der Waals surface area (Å²) < 4.78 is 19.3. The predicted octanol–water partition coefficient (Wildman–Crippen LogP) is 4.02. The van der Waals surface area contributed by atoms with Gasteiger partial charge in [0.1, 0.15) is 22.3 Å². The Hall–Kier alpha value is -1.98. The highest BCUT2D eigenvalue weighted by Gasteiger charge is 2.16. The van der Waals surface area contributed by atoms with Crippen molar-refractivity contribution in [2.24, 2.45) is 10.9 Å². The molecule has 0 radical (unpaired) electrons. The lowest BCUT2D eigenvalue weighted by atomic mass is 10.1. The van der Waals surface area contributed by atoms with Gasteiger partial charge in [-0.15, -0.1) is 0 Å². The van der Waals surface area contributed by atoms with Gasteiger partial charge in [-0.25, -0.2) is 4.39 Å². The lowest BCUT2D eigenvalue weighted by Crippen LogP contribution is -2.16. The predicted molar refractivity (Wildman–Crippen MR) is 75.4 cm³/mol. The van der Waals surface area contributed by atoms with Crippen molar-refractivity contribution in [2.45, 2.75) is 0 Å². The fraction of sp³-hybridized carbons (Fsp3) is 0. The fourth-order valence-electron chi connectivity index (χ4n) is 1.57. The maximum Gasteiger partial charge on any atom is 0.176 e. The summed E-state index contributed by atoms with van der Waals surface area (Å²) >= 11 is 11.9. The number of amidine groups is 1. The fourth-order valence-corrected chi connectivity index (χ4v) is 1.90. The van der Waals surface area contributed by atoms with Crippen LogP contribution in [0.4, 0.5) is 4.39 Å². The van der Waals surface area contributed by atoms with Crippen LogP contribution in [-0.4, -0.2) is 11.0 Å². The van der Waals surface area contributed by atoms with Crippen molar-refractivity contribution in [3.05, 3.63) is 57.8 Å². The third kappa shape index (κ3) is 2.79. The van der Waals surface area contributed by atoms with E-state index in [0.717, 1.165) is 0 Å². The van der Waals surface area contributed by atoms with Gasteiger partial charge in [-0.2, -0.15) is 0 Å². The number of ether oxygens (including phenoxy) is 1. The Bertz CT molecular complexity index is 677. The van der Waals surface area contributed by atoms with Gasteiger partial charge < -0.3 is 15.7 Å². The molecule has 0 aliphatic rings. The smallest absolute Gasteiger partial charge is 0.176 e. The molecule has 0 aromatic heterocycles. The number of benzene rings is 2. The molecule has 0 saturated carbocycles. The summed E-state index contributed by atoms with van der Waals surface area (Å²) in [5, 5.41) is 12.0. The number of nitrogens with zero attached hydrogens (tertiary/aromatic N) is 1. The molecule has 0 saturated heterocycles. The van der Waals surface area contributed by atoms with Gasteiger partial charge in [0.2, 0.25) is 0 Å². The van der Waals surface area contributed by atoms with Crippen LogP contribution in [0.3, 0.4) is 0 Å². The molecule has 2 aromatic rings. The van der Waals surface area contributed by atoms with Crippen LogP contribution < -0.4 is 10.5 Å². The standard InChI is InChI=1S/C13H9Cl2FN2O2/c14-7-3-1-6-10(12(7)15)20-9-5-2-4-8(16)11(9)13(17)18-19/h1-6,19H,(H2,17,18). The molecule has 7 heteroatoms. The Morgan fingerprint density at radius 3 is 2.50 bits per heavy atom. The minimum absolute atomic E-state index is 0.0597. The van der Waals surface area contributed by atoms with Crippen LogP contribution in [0, 0.1) is 5.82 Å². The van der Waals surface area contributed by atoms with Crippen molar-refractivity contribution in [3.63, 3.8) is 0 Å². The van der Waals surface area contributed by atoms with Crippen LogP contribution in [0.5, 0.6) is 11.5 Å². The zero-order valence-corrected chi connectivity index (χ0v) is 11.5. The molecule has 0 atom stereocenters. The molecule has 20 heavy (non-hydrogen) atoms. The van der Waals surface area contributed by atoms with E-state index in [2.05, 4.69) is 5.16 Å². The number of hydrogen-bond donors (Lipinski definition) is 2. The third-order valence-electron chi connectivity index (χ3n) is 2.48. The van der Waals surface area contributed by atoms with Gasteiger partial charge in [0, 0.05) is 0 Å². The van der Waals surface area contributed by atoms with Crippen LogP contribution in [0.15, 0.2) is 41.6 Å². The molecule has 0 aliphatic carbocycles. The van der Waals surface area contributed by atoms with Crippen molar-refractivity contribution < 1.29 is 14.3 Å². The lowest BCUT2D eigenvalue weighted by molar-refractivity contribution is 0.318. The first-order chi connectivity index (χ1) is 9.54. The highest BCUT2D eigenvalue weighted by Crippen LogP contribution is 2.36. The minimum atomic E-state index is -0.684. The summed E-state index contributed by atoms with van der Waals surface area (Å²) in [5.41, 5.74) is 5.28. The van der Waals surface area contributed by atoms with E-state index in [9.17, 15) is 4.39 Å². The normalized spacial score (nSPS) is 11.4. The Kier molecular flexibility index (Phi) is 4.32. The zero-order valence-electron chi connectivity index (χ0n) is 9.98. The second-order valence-corrected chi connectivity index (χ2v) is 4.54. The Labute approximate surface area is 124 Å². The summed E-state index contributed by atoms with van der Waals surface area (Å²) in [6.45, 7) is 0. The Morgan fingerprint density at radius 2 is 1.80 bits per heavy atom. The maximum absolute atomic E-state index is 13.8. The molecule has 0 heterocycles. The van der Waals surface area contributed by atoms with Crippen molar-refractivity contribution >= 4 is 29.0 Å².